The van der Waals surface area contributed by atoms with Gasteiger partial charge in [-0.25, -0.2) is 0 Å². The molecule has 0 spiro atoms. The summed E-state index contributed by atoms with van der Waals surface area (Å²) in [6.07, 6.45) is 3.47. The lowest BCUT2D eigenvalue weighted by atomic mass is 10.1. The summed E-state index contributed by atoms with van der Waals surface area (Å²) in [5.41, 5.74) is 2.97. The zero-order valence-corrected chi connectivity index (χ0v) is 16.2. The van der Waals surface area contributed by atoms with Gasteiger partial charge in [0.25, 0.3) is 0 Å². The van der Waals surface area contributed by atoms with Crippen molar-refractivity contribution >= 4 is 67.2 Å². The van der Waals surface area contributed by atoms with Gasteiger partial charge in [0.05, 0.1) is 0 Å². The topological polar surface area (TPSA) is 0 Å². The van der Waals surface area contributed by atoms with Gasteiger partial charge in [-0.3, -0.25) is 0 Å². The fourth-order valence-electron chi connectivity index (χ4n) is 1.58. The summed E-state index contributed by atoms with van der Waals surface area (Å²) >= 11 is 18.6. The maximum absolute atomic E-state index is 5.88. The molecule has 0 radical (unpaired) electrons. The molecule has 0 aliphatic rings. The minimum absolute atomic E-state index is 0.657. The molecule has 0 amide bonds. The van der Waals surface area contributed by atoms with Gasteiger partial charge in [0.15, 0.2) is 0 Å². The molecule has 110 valence electrons. The Morgan fingerprint density at radius 3 is 2.00 bits per heavy atom. The van der Waals surface area contributed by atoms with Crippen LogP contribution in [0.1, 0.15) is 16.7 Å². The molecule has 21 heavy (non-hydrogen) atoms. The summed E-state index contributed by atoms with van der Waals surface area (Å²) in [5.74, 6) is 0. The number of benzene rings is 2. The van der Waals surface area contributed by atoms with E-state index in [4.69, 9.17) is 23.2 Å². The van der Waals surface area contributed by atoms with Crippen molar-refractivity contribution in [3.63, 3.8) is 0 Å². The Kier molecular flexibility index (Phi) is 7.75. The van der Waals surface area contributed by atoms with E-state index in [1.807, 2.05) is 43.3 Å². The molecular formula is C17H14Br2Cl2. The van der Waals surface area contributed by atoms with Crippen molar-refractivity contribution in [3.8, 4) is 0 Å². The van der Waals surface area contributed by atoms with Crippen LogP contribution >= 0.6 is 55.1 Å². The van der Waals surface area contributed by atoms with Crippen molar-refractivity contribution in [1.29, 1.82) is 0 Å². The van der Waals surface area contributed by atoms with Gasteiger partial charge in [-0.15, -0.1) is 0 Å². The van der Waals surface area contributed by atoms with Crippen molar-refractivity contribution in [2.75, 3.05) is 0 Å². The predicted molar refractivity (Wildman–Crippen MR) is 103 cm³/mol. The maximum Gasteiger partial charge on any atom is 0.0495 e. The van der Waals surface area contributed by atoms with E-state index < -0.39 is 0 Å². The molecule has 0 saturated carbocycles. The Morgan fingerprint density at radius 1 is 1.00 bits per heavy atom. The van der Waals surface area contributed by atoms with Gasteiger partial charge in [0.1, 0.15) is 0 Å². The molecule has 0 aliphatic carbocycles. The summed E-state index contributed by atoms with van der Waals surface area (Å²) < 4.78 is 2.12. The highest BCUT2D eigenvalue weighted by Crippen LogP contribution is 2.27. The molecular weight excluding hydrogens is 435 g/mol. The van der Waals surface area contributed by atoms with Crippen LogP contribution in [0.15, 0.2) is 52.4 Å². The molecule has 0 heterocycles. The molecule has 0 saturated heterocycles. The van der Waals surface area contributed by atoms with Gasteiger partial charge in [-0.1, -0.05) is 60.6 Å². The van der Waals surface area contributed by atoms with Crippen molar-refractivity contribution in [3.05, 3.63) is 79.2 Å². The largest absolute Gasteiger partial charge is 0.0984 e. The van der Waals surface area contributed by atoms with E-state index in [1.54, 1.807) is 6.08 Å². The Morgan fingerprint density at radius 2 is 1.57 bits per heavy atom. The Balaban J connectivity index is 0.000000211. The summed E-state index contributed by atoms with van der Waals surface area (Å²) in [6.45, 7) is 9.24. The SMILES string of the molecule is C=Cc1c(Cl)cc(C)cc1Cl.C=Cc1cccc(Br)c1Br. The molecule has 2 aromatic carbocycles. The normalized spacial score (nSPS) is 9.57. The van der Waals surface area contributed by atoms with E-state index in [1.165, 1.54) is 0 Å². The minimum Gasteiger partial charge on any atom is -0.0984 e. The molecule has 0 bridgehead atoms. The first-order chi connectivity index (χ1) is 9.90. The lowest BCUT2D eigenvalue weighted by molar-refractivity contribution is 1.46. The highest BCUT2D eigenvalue weighted by molar-refractivity contribution is 9.13. The average Bonchev–Trinajstić information content (AvgIpc) is 2.42. The molecule has 0 aliphatic heterocycles. The van der Waals surface area contributed by atoms with Gasteiger partial charge in [0.2, 0.25) is 0 Å². The molecule has 0 fully saturated rings. The predicted octanol–water partition coefficient (Wildman–Crippen LogP) is 7.80. The molecule has 0 unspecified atom stereocenters. The summed E-state index contributed by atoms with van der Waals surface area (Å²) in [7, 11) is 0. The third-order valence-electron chi connectivity index (χ3n) is 2.63. The standard InChI is InChI=1S/C9H8Cl2.C8H6Br2/c1-3-7-8(10)4-6(2)5-9(7)11;1-2-6-4-3-5-7(9)8(6)10/h3-5H,1H2,2H3;2-5H,1H2. The van der Waals surface area contributed by atoms with Crippen LogP contribution in [-0.2, 0) is 0 Å². The lowest BCUT2D eigenvalue weighted by Gasteiger charge is -2.02. The zero-order valence-electron chi connectivity index (χ0n) is 11.5. The first kappa shape index (κ1) is 18.5. The second-order valence-corrected chi connectivity index (χ2v) is 6.66. The van der Waals surface area contributed by atoms with E-state index in [9.17, 15) is 0 Å². The Bertz CT molecular complexity index is 641. The third-order valence-corrected chi connectivity index (χ3v) is 5.33. The van der Waals surface area contributed by atoms with Gasteiger partial charge in [0, 0.05) is 24.6 Å². The van der Waals surface area contributed by atoms with Crippen molar-refractivity contribution < 1.29 is 0 Å². The minimum atomic E-state index is 0.657. The van der Waals surface area contributed by atoms with Gasteiger partial charge in [-0.2, -0.15) is 0 Å². The van der Waals surface area contributed by atoms with E-state index in [0.717, 1.165) is 25.6 Å². The van der Waals surface area contributed by atoms with Gasteiger partial charge >= 0.3 is 0 Å². The summed E-state index contributed by atoms with van der Waals surface area (Å²) in [6, 6.07) is 9.69. The highest BCUT2D eigenvalue weighted by Gasteiger charge is 2.01. The summed E-state index contributed by atoms with van der Waals surface area (Å²) in [4.78, 5) is 0. The lowest BCUT2D eigenvalue weighted by Crippen LogP contribution is -1.79. The fraction of sp³-hybridized carbons (Fsp3) is 0.0588. The van der Waals surface area contributed by atoms with Crippen molar-refractivity contribution in [2.45, 2.75) is 6.92 Å². The van der Waals surface area contributed by atoms with Crippen LogP contribution in [0, 0.1) is 6.92 Å². The van der Waals surface area contributed by atoms with Gasteiger partial charge < -0.3 is 0 Å². The van der Waals surface area contributed by atoms with E-state index in [2.05, 4.69) is 45.0 Å². The maximum atomic E-state index is 5.88. The van der Waals surface area contributed by atoms with Crippen LogP contribution in [0.5, 0.6) is 0 Å². The van der Waals surface area contributed by atoms with Crippen LogP contribution in [0.4, 0.5) is 0 Å². The smallest absolute Gasteiger partial charge is 0.0495 e. The number of rotatable bonds is 2. The third kappa shape index (κ3) is 5.30. The highest BCUT2D eigenvalue weighted by atomic mass is 79.9. The van der Waals surface area contributed by atoms with E-state index >= 15 is 0 Å². The van der Waals surface area contributed by atoms with Crippen molar-refractivity contribution in [2.24, 2.45) is 0 Å². The second-order valence-electron chi connectivity index (χ2n) is 4.19. The van der Waals surface area contributed by atoms with Gasteiger partial charge in [-0.05, 0) is 68.1 Å². The van der Waals surface area contributed by atoms with E-state index in [-0.39, 0.29) is 0 Å². The Hall–Kier alpha value is -0.540. The number of halogens is 4. The molecule has 2 aromatic rings. The molecule has 0 aromatic heterocycles. The molecule has 0 atom stereocenters. The molecule has 0 N–H and O–H groups in total. The van der Waals surface area contributed by atoms with Crippen LogP contribution in [0.25, 0.3) is 12.2 Å². The van der Waals surface area contributed by atoms with E-state index in [0.29, 0.717) is 10.0 Å². The van der Waals surface area contributed by atoms with Crippen molar-refractivity contribution in [1.82, 2.24) is 0 Å². The molecule has 0 nitrogen and oxygen atoms in total. The first-order valence-electron chi connectivity index (χ1n) is 6.05. The van der Waals surface area contributed by atoms with Crippen LogP contribution in [-0.4, -0.2) is 0 Å². The summed E-state index contributed by atoms with van der Waals surface area (Å²) in [5, 5.41) is 1.31. The first-order valence-corrected chi connectivity index (χ1v) is 8.39. The molecule has 2 rings (SSSR count). The monoisotopic (exact) mass is 446 g/mol. The molecule has 4 heteroatoms. The zero-order chi connectivity index (χ0) is 16.0. The van der Waals surface area contributed by atoms with Crippen LogP contribution < -0.4 is 0 Å². The quantitative estimate of drug-likeness (QED) is 0.439. The van der Waals surface area contributed by atoms with Crippen LogP contribution in [0.2, 0.25) is 10.0 Å². The fourth-order valence-corrected chi connectivity index (χ4v) is 3.14. The van der Waals surface area contributed by atoms with Crippen LogP contribution in [0.3, 0.4) is 0 Å². The number of hydrogen-bond acceptors (Lipinski definition) is 0. The second kappa shape index (κ2) is 8.79. The number of aryl methyl sites for hydroxylation is 1. The average molecular weight is 449 g/mol. The number of hydrogen-bond donors (Lipinski definition) is 0. The Labute approximate surface area is 152 Å².